The minimum atomic E-state index is -0.0336. The Morgan fingerprint density at radius 3 is 2.41 bits per heavy atom. The number of urea groups is 1. The van der Waals surface area contributed by atoms with Crippen molar-refractivity contribution in [2.45, 2.75) is 57.2 Å². The molecule has 160 valence electrons. The topological polar surface area (TPSA) is 48.1 Å². The van der Waals surface area contributed by atoms with E-state index in [-0.39, 0.29) is 17.7 Å². The highest BCUT2D eigenvalue weighted by molar-refractivity contribution is 5.74. The maximum atomic E-state index is 12.3. The van der Waals surface area contributed by atoms with E-state index in [9.17, 15) is 4.79 Å². The zero-order valence-corrected chi connectivity index (χ0v) is 18.0. The van der Waals surface area contributed by atoms with Crippen LogP contribution in [0.1, 0.15) is 39.5 Å². The summed E-state index contributed by atoms with van der Waals surface area (Å²) < 4.78 is 6.33. The number of nitrogens with zero attached hydrogens (tertiary/aromatic N) is 3. The van der Waals surface area contributed by atoms with Crippen LogP contribution in [-0.2, 0) is 4.74 Å². The molecule has 6 heteroatoms. The largest absolute Gasteiger partial charge is 0.375 e. The molecule has 0 aliphatic carbocycles. The van der Waals surface area contributed by atoms with E-state index < -0.39 is 0 Å². The number of nitrogens with one attached hydrogen (secondary N) is 1. The van der Waals surface area contributed by atoms with Gasteiger partial charge in [0.2, 0.25) is 0 Å². The number of anilines is 1. The molecule has 3 heterocycles. The van der Waals surface area contributed by atoms with Crippen LogP contribution in [0.15, 0.2) is 30.3 Å². The number of carbonyl (C=O) groups excluding carboxylic acids is 1. The van der Waals surface area contributed by atoms with Crippen molar-refractivity contribution in [2.75, 3.05) is 50.8 Å². The lowest BCUT2D eigenvalue weighted by molar-refractivity contribution is -0.129. The summed E-state index contributed by atoms with van der Waals surface area (Å²) in [5, 5.41) is 3.02. The fourth-order valence-electron chi connectivity index (χ4n) is 5.10. The predicted octanol–water partition coefficient (Wildman–Crippen LogP) is 2.94. The molecule has 6 nitrogen and oxygen atoms in total. The van der Waals surface area contributed by atoms with Crippen molar-refractivity contribution in [1.29, 1.82) is 0 Å². The molecule has 1 atom stereocenters. The van der Waals surface area contributed by atoms with E-state index in [1.54, 1.807) is 0 Å². The zero-order valence-electron chi connectivity index (χ0n) is 18.0. The maximum absolute atomic E-state index is 12.3. The van der Waals surface area contributed by atoms with Crippen LogP contribution in [-0.4, -0.2) is 79.4 Å². The summed E-state index contributed by atoms with van der Waals surface area (Å²) in [5.41, 5.74) is 1.30. The molecule has 29 heavy (non-hydrogen) atoms. The van der Waals surface area contributed by atoms with Gasteiger partial charge in [-0.05, 0) is 51.7 Å². The lowest BCUT2D eigenvalue weighted by Crippen LogP contribution is -2.58. The Balaban J connectivity index is 1.29. The number of ether oxygens (including phenoxy) is 1. The van der Waals surface area contributed by atoms with Crippen molar-refractivity contribution in [3.05, 3.63) is 30.3 Å². The van der Waals surface area contributed by atoms with Crippen molar-refractivity contribution in [1.82, 2.24) is 15.1 Å². The Morgan fingerprint density at radius 1 is 1.07 bits per heavy atom. The molecule has 3 aliphatic rings. The van der Waals surface area contributed by atoms with Crippen molar-refractivity contribution >= 4 is 11.7 Å². The standard InChI is InChI=1S/C23H36N4O2/c1-19(2)24-22(28)27-11-9-23(10-12-27)18-21(8-17-29-23)26-15-13-25(14-16-26)20-6-4-3-5-7-20/h3-7,19,21H,8-18H2,1-2H3,(H,24,28)/t21-/m0/s1. The molecule has 0 aromatic heterocycles. The number of hydrogen-bond donors (Lipinski definition) is 1. The smallest absolute Gasteiger partial charge is 0.317 e. The third kappa shape index (κ3) is 4.86. The van der Waals surface area contributed by atoms with Crippen LogP contribution < -0.4 is 10.2 Å². The summed E-state index contributed by atoms with van der Waals surface area (Å²) in [6, 6.07) is 11.6. The minimum Gasteiger partial charge on any atom is -0.375 e. The second-order valence-electron chi connectivity index (χ2n) is 9.13. The monoisotopic (exact) mass is 400 g/mol. The van der Waals surface area contributed by atoms with E-state index in [0.717, 1.165) is 71.6 Å². The molecular weight excluding hydrogens is 364 g/mol. The average Bonchev–Trinajstić information content (AvgIpc) is 2.74. The molecule has 1 aromatic rings. The second-order valence-corrected chi connectivity index (χ2v) is 9.13. The number of hydrogen-bond acceptors (Lipinski definition) is 4. The van der Waals surface area contributed by atoms with Crippen LogP contribution in [0.3, 0.4) is 0 Å². The average molecular weight is 401 g/mol. The molecule has 4 rings (SSSR count). The van der Waals surface area contributed by atoms with E-state index in [2.05, 4.69) is 45.4 Å². The number of piperidine rings is 1. The van der Waals surface area contributed by atoms with Gasteiger partial charge < -0.3 is 19.9 Å². The minimum absolute atomic E-state index is 0.0336. The summed E-state index contributed by atoms with van der Waals surface area (Å²) in [5.74, 6) is 0. The fraction of sp³-hybridized carbons (Fsp3) is 0.696. The number of carbonyl (C=O) groups is 1. The van der Waals surface area contributed by atoms with Crippen molar-refractivity contribution in [3.63, 3.8) is 0 Å². The molecule has 1 N–H and O–H groups in total. The van der Waals surface area contributed by atoms with E-state index >= 15 is 0 Å². The second kappa shape index (κ2) is 8.92. The highest BCUT2D eigenvalue weighted by Gasteiger charge is 2.43. The Labute approximate surface area is 175 Å². The van der Waals surface area contributed by atoms with Crippen LogP contribution in [0.2, 0.25) is 0 Å². The summed E-state index contributed by atoms with van der Waals surface area (Å²) in [7, 11) is 0. The first-order valence-corrected chi connectivity index (χ1v) is 11.3. The highest BCUT2D eigenvalue weighted by atomic mass is 16.5. The molecule has 2 amide bonds. The van der Waals surface area contributed by atoms with Crippen LogP contribution >= 0.6 is 0 Å². The Kier molecular flexibility index (Phi) is 6.30. The van der Waals surface area contributed by atoms with Gasteiger partial charge in [-0.15, -0.1) is 0 Å². The Bertz CT molecular complexity index is 665. The van der Waals surface area contributed by atoms with E-state index in [1.165, 1.54) is 5.69 Å². The van der Waals surface area contributed by atoms with Gasteiger partial charge in [0.1, 0.15) is 0 Å². The first-order chi connectivity index (χ1) is 14.0. The summed E-state index contributed by atoms with van der Waals surface area (Å²) >= 11 is 0. The van der Waals surface area contributed by atoms with Gasteiger partial charge in [0.15, 0.2) is 0 Å². The van der Waals surface area contributed by atoms with Crippen molar-refractivity contribution in [3.8, 4) is 0 Å². The number of likely N-dealkylation sites (tertiary alicyclic amines) is 1. The number of benzene rings is 1. The normalized spacial score (nSPS) is 25.4. The van der Waals surface area contributed by atoms with Gasteiger partial charge in [-0.1, -0.05) is 18.2 Å². The Morgan fingerprint density at radius 2 is 1.76 bits per heavy atom. The molecule has 3 aliphatic heterocycles. The van der Waals surface area contributed by atoms with Crippen molar-refractivity contribution in [2.24, 2.45) is 0 Å². The van der Waals surface area contributed by atoms with E-state index in [4.69, 9.17) is 4.74 Å². The lowest BCUT2D eigenvalue weighted by atomic mass is 9.81. The van der Waals surface area contributed by atoms with Gasteiger partial charge in [-0.25, -0.2) is 4.79 Å². The van der Waals surface area contributed by atoms with Crippen LogP contribution in [0, 0.1) is 0 Å². The van der Waals surface area contributed by atoms with Crippen LogP contribution in [0.25, 0.3) is 0 Å². The van der Waals surface area contributed by atoms with E-state index in [0.29, 0.717) is 6.04 Å². The summed E-state index contributed by atoms with van der Waals surface area (Å²) in [4.78, 5) is 19.4. The summed E-state index contributed by atoms with van der Waals surface area (Å²) in [6.45, 7) is 10.9. The quantitative estimate of drug-likeness (QED) is 0.848. The third-order valence-corrected chi connectivity index (χ3v) is 6.79. The molecule has 3 fully saturated rings. The SMILES string of the molecule is CC(C)NC(=O)N1CCC2(CC1)C[C@@H](N1CCN(c3ccccc3)CC1)CCO2. The van der Waals surface area contributed by atoms with Gasteiger partial charge in [-0.3, -0.25) is 4.90 Å². The molecule has 0 radical (unpaired) electrons. The van der Waals surface area contributed by atoms with Gasteiger partial charge in [0.05, 0.1) is 5.60 Å². The predicted molar refractivity (Wildman–Crippen MR) is 116 cm³/mol. The van der Waals surface area contributed by atoms with Crippen molar-refractivity contribution < 1.29 is 9.53 Å². The number of para-hydroxylation sites is 1. The molecule has 1 aromatic carbocycles. The third-order valence-electron chi connectivity index (χ3n) is 6.79. The first kappa shape index (κ1) is 20.5. The summed E-state index contributed by atoms with van der Waals surface area (Å²) in [6.07, 6.45) is 4.15. The maximum Gasteiger partial charge on any atom is 0.317 e. The number of amides is 2. The molecule has 3 saturated heterocycles. The lowest BCUT2D eigenvalue weighted by Gasteiger charge is -2.49. The molecule has 0 saturated carbocycles. The molecule has 0 unspecified atom stereocenters. The number of piperazine rings is 1. The van der Waals surface area contributed by atoms with Gasteiger partial charge in [-0.2, -0.15) is 0 Å². The number of rotatable bonds is 3. The Hall–Kier alpha value is -1.79. The highest BCUT2D eigenvalue weighted by Crippen LogP contribution is 2.37. The molecule has 1 spiro atoms. The van der Waals surface area contributed by atoms with Crippen LogP contribution in [0.5, 0.6) is 0 Å². The van der Waals surface area contributed by atoms with E-state index in [1.807, 2.05) is 18.7 Å². The van der Waals surface area contributed by atoms with Gasteiger partial charge >= 0.3 is 6.03 Å². The van der Waals surface area contributed by atoms with Gasteiger partial charge in [0.25, 0.3) is 0 Å². The van der Waals surface area contributed by atoms with Gasteiger partial charge in [0, 0.05) is 63.6 Å². The molecular formula is C23H36N4O2. The molecule has 0 bridgehead atoms. The zero-order chi connectivity index (χ0) is 20.3. The first-order valence-electron chi connectivity index (χ1n) is 11.3. The van der Waals surface area contributed by atoms with Crippen LogP contribution in [0.4, 0.5) is 10.5 Å². The fourth-order valence-corrected chi connectivity index (χ4v) is 5.10.